The van der Waals surface area contributed by atoms with E-state index in [1.807, 2.05) is 20.9 Å². The van der Waals surface area contributed by atoms with E-state index in [1.165, 1.54) is 12.0 Å². The Hall–Kier alpha value is -0.930. The number of nitrogens with one attached hydrogen (secondary N) is 1. The summed E-state index contributed by atoms with van der Waals surface area (Å²) in [6.07, 6.45) is 4.45. The first kappa shape index (κ1) is 14.5. The summed E-state index contributed by atoms with van der Waals surface area (Å²) in [6.45, 7) is 3.96. The molecule has 1 aliphatic rings. The van der Waals surface area contributed by atoms with E-state index in [2.05, 4.69) is 5.32 Å². The van der Waals surface area contributed by atoms with Crippen LogP contribution in [0.2, 0.25) is 0 Å². The van der Waals surface area contributed by atoms with Crippen LogP contribution in [0.3, 0.4) is 0 Å². The maximum atomic E-state index is 13.4. The van der Waals surface area contributed by atoms with Gasteiger partial charge in [-0.3, -0.25) is 0 Å². The quantitative estimate of drug-likeness (QED) is 0.877. The highest BCUT2D eigenvalue weighted by atomic mass is 19.1. The molecule has 1 aromatic carbocycles. The first-order chi connectivity index (χ1) is 9.01. The molecule has 1 atom stereocenters. The lowest BCUT2D eigenvalue weighted by atomic mass is 9.74. The average molecular weight is 265 g/mol. The van der Waals surface area contributed by atoms with Crippen LogP contribution in [0.4, 0.5) is 4.39 Å². The van der Waals surface area contributed by atoms with Gasteiger partial charge in [-0.1, -0.05) is 0 Å². The van der Waals surface area contributed by atoms with E-state index in [-0.39, 0.29) is 17.5 Å². The third-order valence-corrected chi connectivity index (χ3v) is 4.53. The maximum Gasteiger partial charge on any atom is 0.123 e. The second-order valence-electron chi connectivity index (χ2n) is 5.74. The van der Waals surface area contributed by atoms with Crippen molar-refractivity contribution in [3.05, 3.63) is 34.6 Å². The van der Waals surface area contributed by atoms with E-state index in [0.717, 1.165) is 30.4 Å². The van der Waals surface area contributed by atoms with Crippen LogP contribution in [0.25, 0.3) is 0 Å². The van der Waals surface area contributed by atoms with Gasteiger partial charge in [-0.05, 0) is 75.4 Å². The van der Waals surface area contributed by atoms with Crippen LogP contribution in [0, 0.1) is 19.7 Å². The summed E-state index contributed by atoms with van der Waals surface area (Å²) in [6, 6.07) is 3.46. The molecule has 0 heterocycles. The lowest BCUT2D eigenvalue weighted by Crippen LogP contribution is -2.42. The number of methoxy groups -OCH3 is 1. The lowest BCUT2D eigenvalue weighted by Gasteiger charge is -2.43. The molecule has 1 unspecified atom stereocenters. The van der Waals surface area contributed by atoms with Gasteiger partial charge in [-0.25, -0.2) is 4.39 Å². The van der Waals surface area contributed by atoms with Crippen molar-refractivity contribution in [2.75, 3.05) is 14.2 Å². The molecule has 0 aromatic heterocycles. The molecule has 2 rings (SSSR count). The van der Waals surface area contributed by atoms with Gasteiger partial charge in [0.15, 0.2) is 0 Å². The third kappa shape index (κ3) is 2.82. The van der Waals surface area contributed by atoms with E-state index in [1.54, 1.807) is 19.2 Å². The van der Waals surface area contributed by atoms with Crippen molar-refractivity contribution in [1.29, 1.82) is 0 Å². The predicted molar refractivity (Wildman–Crippen MR) is 75.9 cm³/mol. The highest BCUT2D eigenvalue weighted by Gasteiger charge is 2.39. The van der Waals surface area contributed by atoms with Crippen LogP contribution in [-0.4, -0.2) is 19.8 Å². The Morgan fingerprint density at radius 1 is 1.32 bits per heavy atom. The van der Waals surface area contributed by atoms with Crippen molar-refractivity contribution in [3.8, 4) is 0 Å². The van der Waals surface area contributed by atoms with Gasteiger partial charge in [-0.15, -0.1) is 0 Å². The van der Waals surface area contributed by atoms with Gasteiger partial charge in [0.25, 0.3) is 0 Å². The van der Waals surface area contributed by atoms with Crippen molar-refractivity contribution >= 4 is 0 Å². The average Bonchev–Trinajstić information content (AvgIpc) is 2.30. The number of ether oxygens (including phenoxy) is 1. The van der Waals surface area contributed by atoms with Crippen LogP contribution in [0.15, 0.2) is 12.1 Å². The molecule has 2 nitrogen and oxygen atoms in total. The summed E-state index contributed by atoms with van der Waals surface area (Å²) < 4.78 is 19.1. The fourth-order valence-corrected chi connectivity index (χ4v) is 3.25. The van der Waals surface area contributed by atoms with E-state index in [4.69, 9.17) is 4.74 Å². The van der Waals surface area contributed by atoms with Gasteiger partial charge >= 0.3 is 0 Å². The molecule has 19 heavy (non-hydrogen) atoms. The monoisotopic (exact) mass is 265 g/mol. The van der Waals surface area contributed by atoms with Gasteiger partial charge in [0.05, 0.1) is 5.60 Å². The number of rotatable bonds is 5. The van der Waals surface area contributed by atoms with Gasteiger partial charge in [0, 0.05) is 13.2 Å². The van der Waals surface area contributed by atoms with Crippen LogP contribution >= 0.6 is 0 Å². The topological polar surface area (TPSA) is 21.3 Å². The number of benzene rings is 1. The van der Waals surface area contributed by atoms with E-state index in [9.17, 15) is 4.39 Å². The van der Waals surface area contributed by atoms with Crippen LogP contribution < -0.4 is 5.32 Å². The van der Waals surface area contributed by atoms with Gasteiger partial charge in [0.1, 0.15) is 5.82 Å². The first-order valence-corrected chi connectivity index (χ1v) is 7.00. The number of hydrogen-bond donors (Lipinski definition) is 1. The van der Waals surface area contributed by atoms with Gasteiger partial charge in [0.2, 0.25) is 0 Å². The Balaban J connectivity index is 2.27. The Kier molecular flexibility index (Phi) is 4.26. The molecule has 0 aliphatic heterocycles. The fourth-order valence-electron chi connectivity index (χ4n) is 3.25. The Labute approximate surface area is 115 Å². The van der Waals surface area contributed by atoms with E-state index < -0.39 is 0 Å². The Morgan fingerprint density at radius 2 is 1.89 bits per heavy atom. The molecule has 1 fully saturated rings. The van der Waals surface area contributed by atoms with Crippen LogP contribution in [-0.2, 0) is 4.74 Å². The van der Waals surface area contributed by atoms with Crippen molar-refractivity contribution < 1.29 is 9.13 Å². The molecule has 0 radical (unpaired) electrons. The minimum Gasteiger partial charge on any atom is -0.378 e. The number of halogens is 1. The third-order valence-electron chi connectivity index (χ3n) is 4.53. The van der Waals surface area contributed by atoms with Crippen LogP contribution in [0.5, 0.6) is 0 Å². The minimum atomic E-state index is -0.154. The molecule has 0 saturated heterocycles. The van der Waals surface area contributed by atoms with Gasteiger partial charge < -0.3 is 10.1 Å². The second kappa shape index (κ2) is 5.59. The standard InChI is InChI=1S/C16H24FNO/c1-11-8-13(17)9-12(2)15(11)14(18-3)10-16(19-4)6-5-7-16/h8-9,14,18H,5-7,10H2,1-4H3. The number of hydrogen-bond acceptors (Lipinski definition) is 2. The number of aryl methyl sites for hydroxylation is 2. The van der Waals surface area contributed by atoms with Crippen molar-refractivity contribution in [3.63, 3.8) is 0 Å². The summed E-state index contributed by atoms with van der Waals surface area (Å²) >= 11 is 0. The summed E-state index contributed by atoms with van der Waals surface area (Å²) in [5.74, 6) is -0.154. The van der Waals surface area contributed by atoms with E-state index in [0.29, 0.717) is 0 Å². The zero-order chi connectivity index (χ0) is 14.0. The second-order valence-corrected chi connectivity index (χ2v) is 5.74. The van der Waals surface area contributed by atoms with Crippen LogP contribution in [0.1, 0.15) is 48.4 Å². The lowest BCUT2D eigenvalue weighted by molar-refractivity contribution is -0.0835. The highest BCUT2D eigenvalue weighted by Crippen LogP contribution is 2.42. The van der Waals surface area contributed by atoms with Crippen molar-refractivity contribution in [2.24, 2.45) is 0 Å². The molecule has 0 amide bonds. The largest absolute Gasteiger partial charge is 0.378 e. The molecule has 0 bridgehead atoms. The molecule has 106 valence electrons. The zero-order valence-electron chi connectivity index (χ0n) is 12.3. The van der Waals surface area contributed by atoms with Gasteiger partial charge in [-0.2, -0.15) is 0 Å². The predicted octanol–water partition coefficient (Wildman–Crippen LogP) is 3.66. The molecule has 0 spiro atoms. The summed E-state index contributed by atoms with van der Waals surface area (Å²) in [5, 5.41) is 3.38. The molecule has 1 aromatic rings. The Morgan fingerprint density at radius 3 is 2.26 bits per heavy atom. The minimum absolute atomic E-state index is 0.0148. The smallest absolute Gasteiger partial charge is 0.123 e. The van der Waals surface area contributed by atoms with E-state index >= 15 is 0 Å². The molecule has 3 heteroatoms. The summed E-state index contributed by atoms with van der Waals surface area (Å²) in [7, 11) is 3.77. The molecular formula is C16H24FNO. The normalized spacial score (nSPS) is 19.0. The van der Waals surface area contributed by atoms with Crippen molar-refractivity contribution in [1.82, 2.24) is 5.32 Å². The molecule has 1 saturated carbocycles. The van der Waals surface area contributed by atoms with Crippen molar-refractivity contribution in [2.45, 2.75) is 51.2 Å². The molecule has 1 N–H and O–H groups in total. The first-order valence-electron chi connectivity index (χ1n) is 7.00. The fraction of sp³-hybridized carbons (Fsp3) is 0.625. The SMILES string of the molecule is CNC(CC1(OC)CCC1)c1c(C)cc(F)cc1C. The molecular weight excluding hydrogens is 241 g/mol. The zero-order valence-corrected chi connectivity index (χ0v) is 12.3. The summed E-state index contributed by atoms with van der Waals surface area (Å²) in [5.41, 5.74) is 3.26. The summed E-state index contributed by atoms with van der Waals surface area (Å²) in [4.78, 5) is 0. The maximum absolute atomic E-state index is 13.4. The Bertz CT molecular complexity index is 426. The highest BCUT2D eigenvalue weighted by molar-refractivity contribution is 5.37. The molecule has 1 aliphatic carbocycles.